The number of primary sulfonamides is 1. The van der Waals surface area contributed by atoms with Gasteiger partial charge in [0, 0.05) is 11.6 Å². The number of nitrogens with zero attached hydrogens (tertiary/aromatic N) is 2. The SMILES string of the molecule is NS(=O)(=O)c1ccc(-c2ccc(C=C3SC(=Nc4ccccc4)N(c4ccccc4)C3=O)o2)cc1. The van der Waals surface area contributed by atoms with Crippen LogP contribution in [0.3, 0.4) is 0 Å². The highest BCUT2D eigenvalue weighted by atomic mass is 32.2. The summed E-state index contributed by atoms with van der Waals surface area (Å²) in [4.78, 5) is 20.1. The Kier molecular flexibility index (Phi) is 6.12. The minimum atomic E-state index is -3.77. The molecule has 0 saturated carbocycles. The maximum absolute atomic E-state index is 13.4. The number of hydrogen-bond acceptors (Lipinski definition) is 6. The molecular formula is C26H19N3O4S2. The molecule has 174 valence electrons. The van der Waals surface area contributed by atoms with Crippen LogP contribution in [0.5, 0.6) is 0 Å². The van der Waals surface area contributed by atoms with Crippen LogP contribution >= 0.6 is 11.8 Å². The standard InChI is InChI=1S/C26H19N3O4S2/c27-35(31,32)22-14-11-18(12-15-22)23-16-13-21(33-23)17-24-25(30)29(20-9-5-2-6-10-20)26(34-24)28-19-7-3-1-4-8-19/h1-17H,(H2,27,31,32). The largest absolute Gasteiger partial charge is 0.457 e. The Bertz CT molecular complexity index is 1540. The van der Waals surface area contributed by atoms with Gasteiger partial charge in [-0.05, 0) is 72.4 Å². The molecule has 1 amide bonds. The van der Waals surface area contributed by atoms with Gasteiger partial charge in [0.1, 0.15) is 11.5 Å². The van der Waals surface area contributed by atoms with E-state index in [9.17, 15) is 13.2 Å². The number of thioether (sulfide) groups is 1. The Morgan fingerprint density at radius 1 is 0.857 bits per heavy atom. The van der Waals surface area contributed by atoms with Crippen molar-refractivity contribution in [3.8, 4) is 11.3 Å². The van der Waals surface area contributed by atoms with E-state index < -0.39 is 10.0 Å². The predicted octanol–water partition coefficient (Wildman–Crippen LogP) is 5.40. The van der Waals surface area contributed by atoms with Gasteiger partial charge in [-0.3, -0.25) is 9.69 Å². The van der Waals surface area contributed by atoms with E-state index in [0.717, 1.165) is 11.4 Å². The lowest BCUT2D eigenvalue weighted by Crippen LogP contribution is -2.28. The van der Waals surface area contributed by atoms with Crippen molar-refractivity contribution >= 4 is 50.3 Å². The van der Waals surface area contributed by atoms with Crippen LogP contribution in [-0.4, -0.2) is 19.5 Å². The maximum atomic E-state index is 13.4. The molecular weight excluding hydrogens is 482 g/mol. The highest BCUT2D eigenvalue weighted by Gasteiger charge is 2.35. The molecule has 1 fully saturated rings. The second kappa shape index (κ2) is 9.38. The van der Waals surface area contributed by atoms with Gasteiger partial charge in [-0.2, -0.15) is 0 Å². The van der Waals surface area contributed by atoms with Crippen molar-refractivity contribution in [1.29, 1.82) is 0 Å². The third-order valence-corrected chi connectivity index (χ3v) is 7.07. The molecule has 2 N–H and O–H groups in total. The van der Waals surface area contributed by atoms with Gasteiger partial charge in [0.15, 0.2) is 5.17 Å². The molecule has 1 aliphatic rings. The Morgan fingerprint density at radius 2 is 1.51 bits per heavy atom. The average molecular weight is 502 g/mol. The van der Waals surface area contributed by atoms with Gasteiger partial charge in [0.05, 0.1) is 21.2 Å². The molecule has 5 rings (SSSR count). The fourth-order valence-electron chi connectivity index (χ4n) is 3.49. The monoisotopic (exact) mass is 501 g/mol. The number of hydrogen-bond donors (Lipinski definition) is 1. The molecule has 0 radical (unpaired) electrons. The number of nitrogens with two attached hydrogens (primary N) is 1. The van der Waals surface area contributed by atoms with E-state index in [2.05, 4.69) is 0 Å². The van der Waals surface area contributed by atoms with Gasteiger partial charge >= 0.3 is 0 Å². The highest BCUT2D eigenvalue weighted by molar-refractivity contribution is 8.19. The quantitative estimate of drug-likeness (QED) is 0.369. The lowest BCUT2D eigenvalue weighted by Gasteiger charge is -2.15. The highest BCUT2D eigenvalue weighted by Crippen LogP contribution is 2.37. The number of rotatable bonds is 5. The van der Waals surface area contributed by atoms with Crippen LogP contribution in [-0.2, 0) is 14.8 Å². The van der Waals surface area contributed by atoms with Gasteiger partial charge in [-0.1, -0.05) is 36.4 Å². The number of amidine groups is 1. The zero-order valence-electron chi connectivity index (χ0n) is 18.2. The van der Waals surface area contributed by atoms with E-state index in [0.29, 0.717) is 27.2 Å². The second-order valence-corrected chi connectivity index (χ2v) is 10.2. The number of carbonyl (C=O) groups excluding carboxylic acids is 1. The van der Waals surface area contributed by atoms with Crippen LogP contribution < -0.4 is 10.0 Å². The van der Waals surface area contributed by atoms with Gasteiger partial charge in [-0.15, -0.1) is 0 Å². The normalized spacial score (nSPS) is 16.4. The molecule has 3 aromatic carbocycles. The number of aliphatic imine (C=N–C) groups is 1. The van der Waals surface area contributed by atoms with E-state index in [4.69, 9.17) is 14.5 Å². The van der Waals surface area contributed by atoms with E-state index in [1.807, 2.05) is 60.7 Å². The summed E-state index contributed by atoms with van der Waals surface area (Å²) >= 11 is 1.27. The number of para-hydroxylation sites is 2. The minimum Gasteiger partial charge on any atom is -0.457 e. The average Bonchev–Trinajstić information content (AvgIpc) is 3.44. The Hall–Kier alpha value is -3.92. The number of anilines is 1. The van der Waals surface area contributed by atoms with Crippen LogP contribution in [0.2, 0.25) is 0 Å². The number of benzene rings is 3. The summed E-state index contributed by atoms with van der Waals surface area (Å²) in [6, 6.07) is 28.4. The van der Waals surface area contributed by atoms with Crippen LogP contribution in [0.4, 0.5) is 11.4 Å². The molecule has 4 aromatic rings. The molecule has 0 unspecified atom stereocenters. The molecule has 1 saturated heterocycles. The number of sulfonamides is 1. The van der Waals surface area contributed by atoms with Crippen molar-refractivity contribution in [1.82, 2.24) is 0 Å². The van der Waals surface area contributed by atoms with Crippen molar-refractivity contribution in [3.63, 3.8) is 0 Å². The third kappa shape index (κ3) is 4.97. The van der Waals surface area contributed by atoms with Crippen LogP contribution in [0.1, 0.15) is 5.76 Å². The van der Waals surface area contributed by atoms with Crippen LogP contribution in [0, 0.1) is 0 Å². The summed E-state index contributed by atoms with van der Waals surface area (Å²) in [5.41, 5.74) is 2.15. The fraction of sp³-hybridized carbons (Fsp3) is 0. The molecule has 0 atom stereocenters. The van der Waals surface area contributed by atoms with Crippen molar-refractivity contribution in [2.75, 3.05) is 4.90 Å². The number of carbonyl (C=O) groups is 1. The zero-order chi connectivity index (χ0) is 24.4. The smallest absolute Gasteiger partial charge is 0.271 e. The summed E-state index contributed by atoms with van der Waals surface area (Å²) < 4.78 is 28.9. The zero-order valence-corrected chi connectivity index (χ0v) is 19.9. The first-order chi connectivity index (χ1) is 16.9. The Morgan fingerprint density at radius 3 is 2.17 bits per heavy atom. The number of amides is 1. The van der Waals surface area contributed by atoms with Crippen molar-refractivity contribution < 1.29 is 17.6 Å². The van der Waals surface area contributed by atoms with Gasteiger partial charge in [0.2, 0.25) is 10.0 Å². The molecule has 2 heterocycles. The molecule has 1 aromatic heterocycles. The van der Waals surface area contributed by atoms with E-state index in [1.165, 1.54) is 23.9 Å². The summed E-state index contributed by atoms with van der Waals surface area (Å²) in [7, 11) is -3.77. The summed E-state index contributed by atoms with van der Waals surface area (Å²) in [6.07, 6.45) is 1.68. The van der Waals surface area contributed by atoms with Crippen LogP contribution in [0.25, 0.3) is 17.4 Å². The Labute approximate surface area is 206 Å². The van der Waals surface area contributed by atoms with E-state index in [-0.39, 0.29) is 10.8 Å². The fourth-order valence-corrected chi connectivity index (χ4v) is 4.99. The predicted molar refractivity (Wildman–Crippen MR) is 139 cm³/mol. The van der Waals surface area contributed by atoms with Gasteiger partial charge in [-0.25, -0.2) is 18.5 Å². The van der Waals surface area contributed by atoms with Crippen molar-refractivity contribution in [2.24, 2.45) is 10.1 Å². The lowest BCUT2D eigenvalue weighted by atomic mass is 10.2. The minimum absolute atomic E-state index is 0.0225. The first kappa shape index (κ1) is 22.9. The van der Waals surface area contributed by atoms with Crippen molar-refractivity contribution in [2.45, 2.75) is 4.90 Å². The summed E-state index contributed by atoms with van der Waals surface area (Å²) in [6.45, 7) is 0. The first-order valence-corrected chi connectivity index (χ1v) is 12.9. The number of furan rings is 1. The second-order valence-electron chi connectivity index (χ2n) is 7.59. The molecule has 9 heteroatoms. The third-order valence-electron chi connectivity index (χ3n) is 5.17. The first-order valence-electron chi connectivity index (χ1n) is 10.5. The molecule has 35 heavy (non-hydrogen) atoms. The lowest BCUT2D eigenvalue weighted by molar-refractivity contribution is -0.113. The van der Waals surface area contributed by atoms with Crippen LogP contribution in [0.15, 0.2) is 116 Å². The maximum Gasteiger partial charge on any atom is 0.271 e. The topological polar surface area (TPSA) is 106 Å². The van der Waals surface area contributed by atoms with E-state index >= 15 is 0 Å². The van der Waals surface area contributed by atoms with Gasteiger partial charge in [0.25, 0.3) is 5.91 Å². The molecule has 7 nitrogen and oxygen atoms in total. The molecule has 0 spiro atoms. The summed E-state index contributed by atoms with van der Waals surface area (Å²) in [5, 5.41) is 5.71. The molecule has 1 aliphatic heterocycles. The van der Waals surface area contributed by atoms with Gasteiger partial charge < -0.3 is 4.42 Å². The summed E-state index contributed by atoms with van der Waals surface area (Å²) in [5.74, 6) is 0.818. The Balaban J connectivity index is 1.47. The van der Waals surface area contributed by atoms with Crippen molar-refractivity contribution in [3.05, 3.63) is 108 Å². The molecule has 0 bridgehead atoms. The van der Waals surface area contributed by atoms with E-state index in [1.54, 1.807) is 35.2 Å². The molecule has 0 aliphatic carbocycles.